The highest BCUT2D eigenvalue weighted by molar-refractivity contribution is 7.98. The fourth-order valence-electron chi connectivity index (χ4n) is 2.98. The normalized spacial score (nSPS) is 10.8. The van der Waals surface area contributed by atoms with Crippen molar-refractivity contribution in [3.05, 3.63) is 82.8 Å². The van der Waals surface area contributed by atoms with Gasteiger partial charge in [0.1, 0.15) is 22.8 Å². The zero-order valence-electron chi connectivity index (χ0n) is 15.3. The number of para-hydroxylation sites is 2. The van der Waals surface area contributed by atoms with Gasteiger partial charge in [0, 0.05) is 19.8 Å². The van der Waals surface area contributed by atoms with Crippen LogP contribution in [0, 0.1) is 0 Å². The number of thioether (sulfide) groups is 2. The highest BCUT2D eigenvalue weighted by atomic mass is 35.5. The number of fused-ring (bicyclic) bond motifs is 1. The summed E-state index contributed by atoms with van der Waals surface area (Å²) in [6.45, 7) is 0. The number of nitrogen functional groups attached to an aromatic ring is 1. The van der Waals surface area contributed by atoms with E-state index in [1.54, 1.807) is 23.5 Å². The van der Waals surface area contributed by atoms with Gasteiger partial charge in [0.2, 0.25) is 0 Å². The lowest BCUT2D eigenvalue weighted by atomic mass is 10.3. The molecule has 3 nitrogen and oxygen atoms in total. The highest BCUT2D eigenvalue weighted by Gasteiger charge is 2.21. The number of hydrogen-bond donors (Lipinski definition) is 1. The Morgan fingerprint density at radius 1 is 0.828 bits per heavy atom. The number of benzene rings is 3. The monoisotopic (exact) mass is 481 g/mol. The van der Waals surface area contributed by atoms with Crippen LogP contribution in [0.25, 0.3) is 11.0 Å². The third-order valence-electron chi connectivity index (χ3n) is 4.33. The van der Waals surface area contributed by atoms with Gasteiger partial charge < -0.3 is 12.4 Å². The van der Waals surface area contributed by atoms with E-state index in [0.717, 1.165) is 36.8 Å². The second kappa shape index (κ2) is 10.0. The lowest BCUT2D eigenvalue weighted by Gasteiger charge is -2.04. The van der Waals surface area contributed by atoms with Gasteiger partial charge in [0.15, 0.2) is 0 Å². The maximum absolute atomic E-state index is 6.55. The lowest BCUT2D eigenvalue weighted by molar-refractivity contribution is -0.635. The predicted octanol–water partition coefficient (Wildman–Crippen LogP) is 3.32. The molecule has 29 heavy (non-hydrogen) atoms. The third kappa shape index (κ3) is 5.16. The van der Waals surface area contributed by atoms with Gasteiger partial charge in [-0.2, -0.15) is 0 Å². The summed E-state index contributed by atoms with van der Waals surface area (Å²) in [7, 11) is 0. The molecule has 3 aromatic carbocycles. The fraction of sp³-hybridized carbons (Fsp3) is 0.0952. The van der Waals surface area contributed by atoms with Crippen molar-refractivity contribution < 1.29 is 17.0 Å². The molecule has 0 aliphatic heterocycles. The maximum atomic E-state index is 6.55. The summed E-state index contributed by atoms with van der Waals surface area (Å²) in [5.41, 5.74) is 8.78. The van der Waals surface area contributed by atoms with Gasteiger partial charge in [-0.05, 0) is 48.5 Å². The SMILES string of the molecule is Nc1n(CSc2cccc(Cl)c2)c2ccccc2[n+]1CSc1cccc(Cl)c1.[Cl-]. The van der Waals surface area contributed by atoms with E-state index in [1.165, 1.54) is 0 Å². The molecule has 0 unspecified atom stereocenters. The van der Waals surface area contributed by atoms with Crippen LogP contribution in [0.5, 0.6) is 0 Å². The van der Waals surface area contributed by atoms with E-state index in [0.29, 0.717) is 11.8 Å². The molecule has 0 amide bonds. The van der Waals surface area contributed by atoms with E-state index < -0.39 is 0 Å². The maximum Gasteiger partial charge on any atom is 0.357 e. The topological polar surface area (TPSA) is 34.8 Å². The van der Waals surface area contributed by atoms with Gasteiger partial charge in [-0.1, -0.05) is 71.0 Å². The lowest BCUT2D eigenvalue weighted by Crippen LogP contribution is -3.00. The summed E-state index contributed by atoms with van der Waals surface area (Å²) >= 11 is 15.6. The Kier molecular flexibility index (Phi) is 7.66. The van der Waals surface area contributed by atoms with E-state index in [2.05, 4.69) is 33.4 Å². The average molecular weight is 483 g/mol. The molecule has 2 N–H and O–H groups in total. The molecule has 0 radical (unpaired) electrons. The largest absolute Gasteiger partial charge is 1.00 e. The minimum absolute atomic E-state index is 0. The van der Waals surface area contributed by atoms with Crippen LogP contribution in [0.2, 0.25) is 10.0 Å². The Hall–Kier alpha value is -1.50. The molecule has 0 saturated carbocycles. The van der Waals surface area contributed by atoms with Crippen LogP contribution in [0.3, 0.4) is 0 Å². The number of hydrogen-bond acceptors (Lipinski definition) is 3. The number of halogens is 3. The zero-order chi connectivity index (χ0) is 19.5. The predicted molar refractivity (Wildman–Crippen MR) is 121 cm³/mol. The van der Waals surface area contributed by atoms with Crippen molar-refractivity contribution in [2.45, 2.75) is 21.5 Å². The number of anilines is 1. The number of rotatable bonds is 6. The van der Waals surface area contributed by atoms with Crippen molar-refractivity contribution in [2.24, 2.45) is 0 Å². The Labute approximate surface area is 194 Å². The Bertz CT molecular complexity index is 1040. The smallest absolute Gasteiger partial charge is 0.357 e. The van der Waals surface area contributed by atoms with Crippen molar-refractivity contribution in [1.29, 1.82) is 0 Å². The molecule has 4 rings (SSSR count). The van der Waals surface area contributed by atoms with Crippen molar-refractivity contribution in [3.63, 3.8) is 0 Å². The van der Waals surface area contributed by atoms with Crippen LogP contribution in [0.15, 0.2) is 82.6 Å². The molecule has 0 atom stereocenters. The summed E-state index contributed by atoms with van der Waals surface area (Å²) < 4.78 is 4.28. The minimum Gasteiger partial charge on any atom is -1.00 e. The molecular weight excluding hydrogens is 465 g/mol. The Morgan fingerprint density at radius 2 is 1.45 bits per heavy atom. The van der Waals surface area contributed by atoms with Crippen LogP contribution >= 0.6 is 46.7 Å². The van der Waals surface area contributed by atoms with Crippen molar-refractivity contribution in [2.75, 3.05) is 5.73 Å². The minimum atomic E-state index is 0. The molecule has 0 aliphatic rings. The van der Waals surface area contributed by atoms with Gasteiger partial charge in [-0.15, -0.1) is 0 Å². The Balaban J connectivity index is 0.00000240. The third-order valence-corrected chi connectivity index (χ3v) is 6.75. The molecular formula is C21H18Cl3N3S2. The molecule has 4 aromatic rings. The quantitative estimate of drug-likeness (QED) is 0.338. The summed E-state index contributed by atoms with van der Waals surface area (Å²) in [6, 6.07) is 24.0. The van der Waals surface area contributed by atoms with Crippen LogP contribution in [-0.4, -0.2) is 4.57 Å². The standard InChI is InChI=1S/C21H17Cl2N3S2.ClH/c22-15-5-3-7-17(11-15)27-13-25-19-9-1-2-10-20(19)26(21(25)24)14-28-18-8-4-6-16(23)12-18;/h1-12,24H,13-14H2;1H. The van der Waals surface area contributed by atoms with Crippen LogP contribution in [-0.2, 0) is 11.8 Å². The van der Waals surface area contributed by atoms with E-state index in [9.17, 15) is 0 Å². The number of imidazole rings is 1. The first-order valence-corrected chi connectivity index (χ1v) is 11.4. The first-order chi connectivity index (χ1) is 13.6. The van der Waals surface area contributed by atoms with E-state index in [-0.39, 0.29) is 12.4 Å². The van der Waals surface area contributed by atoms with Crippen molar-refractivity contribution in [1.82, 2.24) is 4.57 Å². The second-order valence-corrected chi connectivity index (χ2v) is 9.07. The summed E-state index contributed by atoms with van der Waals surface area (Å²) in [5, 5.41) is 1.48. The number of nitrogens with two attached hydrogens (primary N) is 1. The van der Waals surface area contributed by atoms with Crippen LogP contribution < -0.4 is 22.7 Å². The van der Waals surface area contributed by atoms with Gasteiger partial charge in [0.25, 0.3) is 0 Å². The number of nitrogens with zero attached hydrogens (tertiary/aromatic N) is 2. The van der Waals surface area contributed by atoms with E-state index in [1.807, 2.05) is 48.5 Å². The summed E-state index contributed by atoms with van der Waals surface area (Å²) in [6.07, 6.45) is 0. The zero-order valence-corrected chi connectivity index (χ0v) is 19.2. The van der Waals surface area contributed by atoms with Gasteiger partial charge in [-0.25, -0.2) is 9.13 Å². The van der Waals surface area contributed by atoms with E-state index in [4.69, 9.17) is 28.9 Å². The molecule has 0 spiro atoms. The first-order valence-electron chi connectivity index (χ1n) is 8.65. The molecule has 150 valence electrons. The van der Waals surface area contributed by atoms with Crippen LogP contribution in [0.4, 0.5) is 5.95 Å². The fourth-order valence-corrected chi connectivity index (χ4v) is 5.36. The molecule has 8 heteroatoms. The van der Waals surface area contributed by atoms with Gasteiger partial charge >= 0.3 is 5.95 Å². The molecule has 1 aromatic heterocycles. The van der Waals surface area contributed by atoms with Crippen molar-refractivity contribution >= 4 is 63.7 Å². The Morgan fingerprint density at radius 3 is 2.10 bits per heavy atom. The molecule has 0 fully saturated rings. The first kappa shape index (κ1) is 22.2. The molecule has 0 saturated heterocycles. The summed E-state index contributed by atoms with van der Waals surface area (Å²) in [4.78, 5) is 2.23. The average Bonchev–Trinajstić information content (AvgIpc) is 2.96. The van der Waals surface area contributed by atoms with Crippen LogP contribution in [0.1, 0.15) is 0 Å². The molecule has 0 aliphatic carbocycles. The molecule has 1 heterocycles. The summed E-state index contributed by atoms with van der Waals surface area (Å²) in [5.74, 6) is 2.15. The van der Waals surface area contributed by atoms with Crippen molar-refractivity contribution in [3.8, 4) is 0 Å². The van der Waals surface area contributed by atoms with Gasteiger partial charge in [-0.3, -0.25) is 5.73 Å². The van der Waals surface area contributed by atoms with E-state index >= 15 is 0 Å². The van der Waals surface area contributed by atoms with Gasteiger partial charge in [0.05, 0.1) is 0 Å². The number of aromatic nitrogens is 2. The second-order valence-electron chi connectivity index (χ2n) is 6.16. The molecule has 0 bridgehead atoms. The highest BCUT2D eigenvalue weighted by Crippen LogP contribution is 2.28.